The van der Waals surface area contributed by atoms with Gasteiger partial charge in [0.05, 0.1) is 21.3 Å². The van der Waals surface area contributed by atoms with Gasteiger partial charge >= 0.3 is 0 Å². The summed E-state index contributed by atoms with van der Waals surface area (Å²) in [5, 5.41) is 2.19. The molecular weight excluding hydrogens is 458 g/mol. The van der Waals surface area contributed by atoms with Gasteiger partial charge in [0.1, 0.15) is 0 Å². The monoisotopic (exact) mass is 493 g/mol. The SMILES string of the molecule is CCCc1cc(S(=O)(=O)N(CC(C)C)c2ccccc2Cl)ccc1N(N)CC1CCOCC1. The van der Waals surface area contributed by atoms with Crippen molar-refractivity contribution in [1.29, 1.82) is 0 Å². The smallest absolute Gasteiger partial charge is 0.264 e. The van der Waals surface area contributed by atoms with E-state index in [2.05, 4.69) is 6.92 Å². The summed E-state index contributed by atoms with van der Waals surface area (Å²) in [5.41, 5.74) is 2.32. The van der Waals surface area contributed by atoms with Crippen LogP contribution in [0.4, 0.5) is 11.4 Å². The average Bonchev–Trinajstić information content (AvgIpc) is 2.78. The number of benzene rings is 2. The molecule has 8 heteroatoms. The molecular formula is C25H36ClN3O3S. The lowest BCUT2D eigenvalue weighted by Crippen LogP contribution is -2.38. The van der Waals surface area contributed by atoms with E-state index in [1.807, 2.05) is 19.9 Å². The van der Waals surface area contributed by atoms with E-state index in [9.17, 15) is 8.42 Å². The summed E-state index contributed by atoms with van der Waals surface area (Å²) >= 11 is 6.40. The van der Waals surface area contributed by atoms with E-state index in [4.69, 9.17) is 22.2 Å². The standard InChI is InChI=1S/C25H36ClN3O3S/c1-4-7-21-16-22(10-11-24(21)28(27)18-20-12-14-32-15-13-20)33(30,31)29(17-19(2)3)25-9-6-5-8-23(25)26/h5-6,8-11,16,19-20H,4,7,12-15,17-18,27H2,1-3H3. The number of para-hydroxylation sites is 1. The predicted molar refractivity (Wildman–Crippen MR) is 136 cm³/mol. The minimum atomic E-state index is -3.81. The Labute approximate surface area is 203 Å². The minimum absolute atomic E-state index is 0.129. The van der Waals surface area contributed by atoms with Crippen LogP contribution in [0.5, 0.6) is 0 Å². The Morgan fingerprint density at radius 2 is 1.82 bits per heavy atom. The molecule has 0 spiro atoms. The number of nitrogens with two attached hydrogens (primary N) is 1. The topological polar surface area (TPSA) is 75.9 Å². The molecule has 1 aliphatic heterocycles. The normalized spacial score (nSPS) is 15.1. The third-order valence-electron chi connectivity index (χ3n) is 5.92. The van der Waals surface area contributed by atoms with Gasteiger partial charge in [0.2, 0.25) is 0 Å². The summed E-state index contributed by atoms with van der Waals surface area (Å²) in [6.07, 6.45) is 3.62. The molecule has 0 aliphatic carbocycles. The zero-order chi connectivity index (χ0) is 24.0. The van der Waals surface area contributed by atoms with Crippen LogP contribution >= 0.6 is 11.6 Å². The largest absolute Gasteiger partial charge is 0.381 e. The van der Waals surface area contributed by atoms with E-state index >= 15 is 0 Å². The zero-order valence-electron chi connectivity index (χ0n) is 19.8. The van der Waals surface area contributed by atoms with E-state index in [1.54, 1.807) is 41.4 Å². The quantitative estimate of drug-likeness (QED) is 0.361. The van der Waals surface area contributed by atoms with Gasteiger partial charge in [-0.2, -0.15) is 0 Å². The van der Waals surface area contributed by atoms with Crippen molar-refractivity contribution in [3.05, 3.63) is 53.1 Å². The van der Waals surface area contributed by atoms with Gasteiger partial charge in [0.15, 0.2) is 0 Å². The first-order valence-electron chi connectivity index (χ1n) is 11.7. The number of rotatable bonds is 10. The Bertz CT molecular complexity index is 1020. The number of aryl methyl sites for hydroxylation is 1. The molecule has 0 unspecified atom stereocenters. The van der Waals surface area contributed by atoms with Gasteiger partial charge in [-0.15, -0.1) is 0 Å². The number of hydrazine groups is 1. The molecule has 1 fully saturated rings. The van der Waals surface area contributed by atoms with Crippen LogP contribution in [0.25, 0.3) is 0 Å². The lowest BCUT2D eigenvalue weighted by molar-refractivity contribution is 0.0682. The molecule has 1 heterocycles. The Morgan fingerprint density at radius 1 is 1.12 bits per heavy atom. The van der Waals surface area contributed by atoms with Crippen molar-refractivity contribution in [2.45, 2.75) is 51.3 Å². The fraction of sp³-hybridized carbons (Fsp3) is 0.520. The van der Waals surface area contributed by atoms with Gasteiger partial charge in [-0.3, -0.25) is 4.31 Å². The first kappa shape index (κ1) is 25.8. The first-order chi connectivity index (χ1) is 15.7. The molecule has 2 aromatic carbocycles. The molecule has 0 aromatic heterocycles. The summed E-state index contributed by atoms with van der Waals surface area (Å²) in [5.74, 6) is 7.07. The molecule has 0 atom stereocenters. The number of sulfonamides is 1. The summed E-state index contributed by atoms with van der Waals surface area (Å²) in [7, 11) is -3.81. The number of hydrogen-bond acceptors (Lipinski definition) is 5. The number of nitrogens with zero attached hydrogens (tertiary/aromatic N) is 2. The van der Waals surface area contributed by atoms with Crippen molar-refractivity contribution >= 4 is 33.0 Å². The molecule has 0 saturated carbocycles. The number of ether oxygens (including phenoxy) is 1. The molecule has 1 aliphatic rings. The predicted octanol–water partition coefficient (Wildman–Crippen LogP) is 5.25. The highest BCUT2D eigenvalue weighted by molar-refractivity contribution is 7.92. The van der Waals surface area contributed by atoms with Crippen LogP contribution in [0.2, 0.25) is 5.02 Å². The van der Waals surface area contributed by atoms with Crippen LogP contribution in [0.1, 0.15) is 45.6 Å². The fourth-order valence-electron chi connectivity index (χ4n) is 4.22. The summed E-state index contributed by atoms with van der Waals surface area (Å²) in [6.45, 7) is 8.67. The van der Waals surface area contributed by atoms with E-state index in [0.717, 1.165) is 56.7 Å². The molecule has 3 rings (SSSR count). The van der Waals surface area contributed by atoms with Gasteiger partial charge < -0.3 is 9.75 Å². The molecule has 2 N–H and O–H groups in total. The number of hydrogen-bond donors (Lipinski definition) is 1. The molecule has 33 heavy (non-hydrogen) atoms. The summed E-state index contributed by atoms with van der Waals surface area (Å²) in [6, 6.07) is 12.4. The van der Waals surface area contributed by atoms with Crippen LogP contribution in [0, 0.1) is 11.8 Å². The Morgan fingerprint density at radius 3 is 2.45 bits per heavy atom. The van der Waals surface area contributed by atoms with Crippen molar-refractivity contribution in [3.8, 4) is 0 Å². The Hall–Kier alpha value is -1.80. The fourth-order valence-corrected chi connectivity index (χ4v) is 6.20. The van der Waals surface area contributed by atoms with Gasteiger partial charge in [0.25, 0.3) is 10.0 Å². The van der Waals surface area contributed by atoms with E-state index in [0.29, 0.717) is 23.2 Å². The van der Waals surface area contributed by atoms with Gasteiger partial charge in [-0.25, -0.2) is 14.3 Å². The second-order valence-electron chi connectivity index (χ2n) is 9.13. The molecule has 0 bridgehead atoms. The Kier molecular flexibility index (Phi) is 9.04. The molecule has 2 aromatic rings. The van der Waals surface area contributed by atoms with Crippen molar-refractivity contribution in [1.82, 2.24) is 0 Å². The first-order valence-corrected chi connectivity index (χ1v) is 13.6. The third-order valence-corrected chi connectivity index (χ3v) is 8.01. The van der Waals surface area contributed by atoms with Gasteiger partial charge in [-0.05, 0) is 67.0 Å². The van der Waals surface area contributed by atoms with E-state index in [1.165, 1.54) is 4.31 Å². The van der Waals surface area contributed by atoms with E-state index in [-0.39, 0.29) is 10.8 Å². The van der Waals surface area contributed by atoms with Gasteiger partial charge in [0, 0.05) is 26.3 Å². The van der Waals surface area contributed by atoms with Crippen LogP contribution in [0.15, 0.2) is 47.4 Å². The maximum Gasteiger partial charge on any atom is 0.264 e. The van der Waals surface area contributed by atoms with Crippen molar-refractivity contribution in [3.63, 3.8) is 0 Å². The second kappa shape index (κ2) is 11.6. The maximum absolute atomic E-state index is 13.8. The summed E-state index contributed by atoms with van der Waals surface area (Å²) < 4.78 is 34.4. The van der Waals surface area contributed by atoms with Gasteiger partial charge in [-0.1, -0.05) is 50.9 Å². The second-order valence-corrected chi connectivity index (χ2v) is 11.4. The average molecular weight is 494 g/mol. The van der Waals surface area contributed by atoms with Crippen molar-refractivity contribution in [2.24, 2.45) is 17.7 Å². The lowest BCUT2D eigenvalue weighted by Gasteiger charge is -2.30. The lowest BCUT2D eigenvalue weighted by atomic mass is 9.99. The van der Waals surface area contributed by atoms with E-state index < -0.39 is 10.0 Å². The number of anilines is 2. The molecule has 0 radical (unpaired) electrons. The van der Waals surface area contributed by atoms with Crippen molar-refractivity contribution in [2.75, 3.05) is 35.6 Å². The molecule has 6 nitrogen and oxygen atoms in total. The zero-order valence-corrected chi connectivity index (χ0v) is 21.4. The van der Waals surface area contributed by atoms with Crippen LogP contribution < -0.4 is 15.2 Å². The molecule has 1 saturated heterocycles. The highest BCUT2D eigenvalue weighted by atomic mass is 35.5. The van der Waals surface area contributed by atoms with Crippen LogP contribution in [-0.4, -0.2) is 34.7 Å². The highest BCUT2D eigenvalue weighted by Gasteiger charge is 2.28. The Balaban J connectivity index is 1.96. The van der Waals surface area contributed by atoms with Crippen molar-refractivity contribution < 1.29 is 13.2 Å². The third kappa shape index (κ3) is 6.41. The number of halogens is 1. The highest BCUT2D eigenvalue weighted by Crippen LogP contribution is 2.33. The van der Waals surface area contributed by atoms with Crippen LogP contribution in [-0.2, 0) is 21.2 Å². The molecule has 0 amide bonds. The molecule has 182 valence electrons. The van der Waals surface area contributed by atoms with Crippen LogP contribution in [0.3, 0.4) is 0 Å². The minimum Gasteiger partial charge on any atom is -0.381 e. The summed E-state index contributed by atoms with van der Waals surface area (Å²) in [4.78, 5) is 0.259. The maximum atomic E-state index is 13.8.